The molecule has 0 unspecified atom stereocenters. The highest BCUT2D eigenvalue weighted by Gasteiger charge is 1.99. The monoisotopic (exact) mass is 186 g/mol. The molecule has 0 radical (unpaired) electrons. The predicted octanol–water partition coefficient (Wildman–Crippen LogP) is 2.44. The summed E-state index contributed by atoms with van der Waals surface area (Å²) in [5.74, 6) is -0.306. The molecule has 1 aromatic heterocycles. The van der Waals surface area contributed by atoms with Crippen LogP contribution in [0, 0.1) is 17.1 Å². The molecule has 14 heavy (non-hydrogen) atoms. The number of pyridine rings is 1. The fourth-order valence-corrected chi connectivity index (χ4v) is 1.31. The summed E-state index contributed by atoms with van der Waals surface area (Å²) < 4.78 is 12.8. The number of hydrogen-bond acceptors (Lipinski definition) is 2. The van der Waals surface area contributed by atoms with E-state index in [1.807, 2.05) is 12.1 Å². The average molecular weight is 186 g/mol. The molecule has 0 bridgehead atoms. The van der Waals surface area contributed by atoms with Gasteiger partial charge in [-0.15, -0.1) is 0 Å². The summed E-state index contributed by atoms with van der Waals surface area (Å²) >= 11 is 0. The summed E-state index contributed by atoms with van der Waals surface area (Å²) in [6, 6.07) is 10.1. The van der Waals surface area contributed by atoms with Gasteiger partial charge >= 0.3 is 0 Å². The molecule has 2 aromatic rings. The lowest BCUT2D eigenvalue weighted by atomic mass is 10.2. The van der Waals surface area contributed by atoms with Gasteiger partial charge in [0, 0.05) is 11.5 Å². The van der Waals surface area contributed by atoms with E-state index in [-0.39, 0.29) is 12.2 Å². The van der Waals surface area contributed by atoms with Gasteiger partial charge in [-0.2, -0.15) is 5.26 Å². The lowest BCUT2D eigenvalue weighted by Crippen LogP contribution is -1.88. The van der Waals surface area contributed by atoms with Crippen LogP contribution in [-0.2, 0) is 6.42 Å². The van der Waals surface area contributed by atoms with Gasteiger partial charge in [-0.25, -0.2) is 4.39 Å². The van der Waals surface area contributed by atoms with Crippen LogP contribution >= 0.6 is 0 Å². The van der Waals surface area contributed by atoms with Crippen molar-refractivity contribution >= 4 is 10.9 Å². The Morgan fingerprint density at radius 2 is 2.07 bits per heavy atom. The Hall–Kier alpha value is -1.95. The first-order chi connectivity index (χ1) is 6.79. The van der Waals surface area contributed by atoms with Crippen molar-refractivity contribution in [3.63, 3.8) is 0 Å². The largest absolute Gasteiger partial charge is 0.252 e. The van der Waals surface area contributed by atoms with Crippen molar-refractivity contribution in [3.05, 3.63) is 41.8 Å². The third-order valence-electron chi connectivity index (χ3n) is 1.97. The molecule has 0 spiro atoms. The Morgan fingerprint density at radius 1 is 1.29 bits per heavy atom. The highest BCUT2D eigenvalue weighted by atomic mass is 19.1. The minimum absolute atomic E-state index is 0.256. The van der Waals surface area contributed by atoms with Gasteiger partial charge in [0.1, 0.15) is 5.82 Å². The quantitative estimate of drug-likeness (QED) is 0.685. The fraction of sp³-hybridized carbons (Fsp3) is 0.0909. The highest BCUT2D eigenvalue weighted by molar-refractivity contribution is 5.78. The molecule has 0 N–H and O–H groups in total. The first-order valence-electron chi connectivity index (χ1n) is 4.22. The number of halogens is 1. The van der Waals surface area contributed by atoms with Crippen LogP contribution in [0.1, 0.15) is 5.69 Å². The lowest BCUT2D eigenvalue weighted by molar-refractivity contribution is 0.629. The van der Waals surface area contributed by atoms with E-state index in [4.69, 9.17) is 5.26 Å². The summed E-state index contributed by atoms with van der Waals surface area (Å²) in [4.78, 5) is 4.16. The Kier molecular flexibility index (Phi) is 2.11. The van der Waals surface area contributed by atoms with E-state index >= 15 is 0 Å². The maximum Gasteiger partial charge on any atom is 0.125 e. The Morgan fingerprint density at radius 3 is 2.86 bits per heavy atom. The molecule has 68 valence electrons. The Balaban J connectivity index is 2.59. The number of hydrogen-bond donors (Lipinski definition) is 0. The van der Waals surface area contributed by atoms with Crippen LogP contribution in [0.5, 0.6) is 0 Å². The minimum atomic E-state index is -0.306. The Bertz CT molecular complexity index is 514. The Labute approximate surface area is 80.6 Å². The van der Waals surface area contributed by atoms with Crippen molar-refractivity contribution in [1.29, 1.82) is 5.26 Å². The van der Waals surface area contributed by atoms with E-state index in [2.05, 4.69) is 4.98 Å². The van der Waals surface area contributed by atoms with Crippen LogP contribution in [0.3, 0.4) is 0 Å². The van der Waals surface area contributed by atoms with Gasteiger partial charge in [0.15, 0.2) is 0 Å². The summed E-state index contributed by atoms with van der Waals surface area (Å²) in [6.45, 7) is 0. The van der Waals surface area contributed by atoms with Gasteiger partial charge < -0.3 is 0 Å². The number of benzene rings is 1. The molecule has 0 amide bonds. The summed E-state index contributed by atoms with van der Waals surface area (Å²) in [6.07, 6.45) is 0.256. The normalized spacial score (nSPS) is 10.0. The molecule has 0 atom stereocenters. The van der Waals surface area contributed by atoms with E-state index < -0.39 is 0 Å². The van der Waals surface area contributed by atoms with Gasteiger partial charge in [-0.1, -0.05) is 6.07 Å². The number of nitriles is 1. The highest BCUT2D eigenvalue weighted by Crippen LogP contribution is 2.13. The number of fused-ring (bicyclic) bond motifs is 1. The van der Waals surface area contributed by atoms with Crippen LogP contribution in [0.15, 0.2) is 30.3 Å². The SMILES string of the molecule is N#CCc1ccc2ccc(F)cc2n1. The second kappa shape index (κ2) is 3.43. The smallest absolute Gasteiger partial charge is 0.125 e. The van der Waals surface area contributed by atoms with Crippen LogP contribution in [0.25, 0.3) is 10.9 Å². The van der Waals surface area contributed by atoms with Crippen molar-refractivity contribution in [2.24, 2.45) is 0 Å². The molecule has 0 aliphatic heterocycles. The molecule has 0 aliphatic rings. The molecule has 3 heteroatoms. The van der Waals surface area contributed by atoms with Crippen molar-refractivity contribution in [3.8, 4) is 6.07 Å². The van der Waals surface area contributed by atoms with Gasteiger partial charge in [0.2, 0.25) is 0 Å². The minimum Gasteiger partial charge on any atom is -0.252 e. The first-order valence-corrected chi connectivity index (χ1v) is 4.22. The average Bonchev–Trinajstić information content (AvgIpc) is 2.17. The third-order valence-corrected chi connectivity index (χ3v) is 1.97. The molecule has 0 saturated carbocycles. The van der Waals surface area contributed by atoms with Crippen molar-refractivity contribution < 1.29 is 4.39 Å². The third kappa shape index (κ3) is 1.55. The molecule has 2 nitrogen and oxygen atoms in total. The predicted molar refractivity (Wildman–Crippen MR) is 51.0 cm³/mol. The number of aromatic nitrogens is 1. The second-order valence-electron chi connectivity index (χ2n) is 2.97. The molecule has 0 fully saturated rings. The standard InChI is InChI=1S/C11H7FN2/c12-9-3-1-8-2-4-10(5-6-13)14-11(8)7-9/h1-4,7H,5H2. The second-order valence-corrected chi connectivity index (χ2v) is 2.97. The van der Waals surface area contributed by atoms with Crippen molar-refractivity contribution in [1.82, 2.24) is 4.98 Å². The van der Waals surface area contributed by atoms with Gasteiger partial charge in [-0.05, 0) is 18.2 Å². The molecule has 1 aromatic carbocycles. The number of nitrogens with zero attached hydrogens (tertiary/aromatic N) is 2. The van der Waals surface area contributed by atoms with Crippen molar-refractivity contribution in [2.75, 3.05) is 0 Å². The molecule has 1 heterocycles. The first kappa shape index (κ1) is 8.64. The molecule has 0 aliphatic carbocycles. The maximum atomic E-state index is 12.8. The van der Waals surface area contributed by atoms with E-state index in [1.165, 1.54) is 12.1 Å². The zero-order chi connectivity index (χ0) is 9.97. The van der Waals surface area contributed by atoms with Crippen molar-refractivity contribution in [2.45, 2.75) is 6.42 Å². The van der Waals surface area contributed by atoms with Crippen LogP contribution in [-0.4, -0.2) is 4.98 Å². The lowest BCUT2D eigenvalue weighted by Gasteiger charge is -1.99. The molecule has 2 rings (SSSR count). The summed E-state index contributed by atoms with van der Waals surface area (Å²) in [5.41, 5.74) is 1.27. The molecular formula is C11H7FN2. The topological polar surface area (TPSA) is 36.7 Å². The number of rotatable bonds is 1. The molecule has 0 saturated heterocycles. The van der Waals surface area contributed by atoms with E-state index in [1.54, 1.807) is 12.1 Å². The summed E-state index contributed by atoms with van der Waals surface area (Å²) in [5, 5.41) is 9.36. The van der Waals surface area contributed by atoms with E-state index in [9.17, 15) is 4.39 Å². The van der Waals surface area contributed by atoms with Gasteiger partial charge in [-0.3, -0.25) is 4.98 Å². The zero-order valence-electron chi connectivity index (χ0n) is 7.37. The fourth-order valence-electron chi connectivity index (χ4n) is 1.31. The van der Waals surface area contributed by atoms with Crippen LogP contribution in [0.4, 0.5) is 4.39 Å². The van der Waals surface area contributed by atoms with E-state index in [0.29, 0.717) is 11.2 Å². The summed E-state index contributed by atoms with van der Waals surface area (Å²) in [7, 11) is 0. The van der Waals surface area contributed by atoms with Gasteiger partial charge in [0.05, 0.1) is 23.7 Å². The van der Waals surface area contributed by atoms with Gasteiger partial charge in [0.25, 0.3) is 0 Å². The molecular weight excluding hydrogens is 179 g/mol. The van der Waals surface area contributed by atoms with Crippen LogP contribution in [0.2, 0.25) is 0 Å². The van der Waals surface area contributed by atoms with E-state index in [0.717, 1.165) is 5.39 Å². The zero-order valence-corrected chi connectivity index (χ0v) is 7.37. The van der Waals surface area contributed by atoms with Crippen LogP contribution < -0.4 is 0 Å². The maximum absolute atomic E-state index is 12.8.